The molecule has 0 atom stereocenters. The molecular weight excluding hydrogens is 268 g/mol. The molecule has 2 heterocycles. The molecule has 0 bridgehead atoms. The lowest BCUT2D eigenvalue weighted by Crippen LogP contribution is -2.26. The molecule has 1 aliphatic heterocycles. The Hall–Kier alpha value is -0.450. The first kappa shape index (κ1) is 15.9. The summed E-state index contributed by atoms with van der Waals surface area (Å²) in [6.07, 6.45) is 4.32. The molecule has 0 unspecified atom stereocenters. The molecule has 4 heteroatoms. The zero-order valence-electron chi connectivity index (χ0n) is 13.1. The van der Waals surface area contributed by atoms with Crippen molar-refractivity contribution in [2.75, 3.05) is 25.4 Å². The highest BCUT2D eigenvalue weighted by Gasteiger charge is 2.23. The molecule has 1 fully saturated rings. The number of hydrogen-bond donors (Lipinski definition) is 1. The van der Waals surface area contributed by atoms with Gasteiger partial charge in [0, 0.05) is 29.2 Å². The molecule has 1 N–H and O–H groups in total. The van der Waals surface area contributed by atoms with Crippen molar-refractivity contribution in [2.45, 2.75) is 51.4 Å². The van der Waals surface area contributed by atoms with Crippen molar-refractivity contribution in [3.8, 4) is 0 Å². The molecule has 0 spiro atoms. The minimum atomic E-state index is 0.424. The summed E-state index contributed by atoms with van der Waals surface area (Å²) in [5.74, 6) is 2.32. The average Bonchev–Trinajstić information content (AvgIpc) is 2.76. The van der Waals surface area contributed by atoms with E-state index in [2.05, 4.69) is 48.8 Å². The SMILES string of the molecule is CCCNCc1coc(CN2CCSC(C)(C)CC2)c1. The van der Waals surface area contributed by atoms with Gasteiger partial charge in [-0.1, -0.05) is 20.8 Å². The molecule has 0 radical (unpaired) electrons. The van der Waals surface area contributed by atoms with E-state index in [1.165, 1.54) is 30.7 Å². The Labute approximate surface area is 127 Å². The van der Waals surface area contributed by atoms with Gasteiger partial charge in [-0.2, -0.15) is 11.8 Å². The Balaban J connectivity index is 1.81. The molecular formula is C16H28N2OS. The highest BCUT2D eigenvalue weighted by atomic mass is 32.2. The summed E-state index contributed by atoms with van der Waals surface area (Å²) < 4.78 is 6.13. The molecule has 0 aliphatic carbocycles. The van der Waals surface area contributed by atoms with Crippen LogP contribution >= 0.6 is 11.8 Å². The molecule has 0 saturated carbocycles. The van der Waals surface area contributed by atoms with E-state index in [4.69, 9.17) is 4.42 Å². The predicted molar refractivity (Wildman–Crippen MR) is 87.1 cm³/mol. The maximum Gasteiger partial charge on any atom is 0.118 e. The first-order valence-electron chi connectivity index (χ1n) is 7.72. The molecule has 3 nitrogen and oxygen atoms in total. The van der Waals surface area contributed by atoms with Gasteiger partial charge in [-0.05, 0) is 32.0 Å². The van der Waals surface area contributed by atoms with Crippen LogP contribution in [-0.4, -0.2) is 35.0 Å². The molecule has 1 aliphatic rings. The number of rotatable bonds is 6. The third-order valence-corrected chi connectivity index (χ3v) is 5.15. The van der Waals surface area contributed by atoms with Crippen molar-refractivity contribution in [2.24, 2.45) is 0 Å². The Morgan fingerprint density at radius 2 is 2.25 bits per heavy atom. The second-order valence-corrected chi connectivity index (χ2v) is 8.03. The van der Waals surface area contributed by atoms with Gasteiger partial charge >= 0.3 is 0 Å². The van der Waals surface area contributed by atoms with E-state index in [9.17, 15) is 0 Å². The highest BCUT2D eigenvalue weighted by Crippen LogP contribution is 2.31. The van der Waals surface area contributed by atoms with Crippen LogP contribution in [0.1, 0.15) is 44.9 Å². The van der Waals surface area contributed by atoms with Gasteiger partial charge in [0.15, 0.2) is 0 Å². The largest absolute Gasteiger partial charge is 0.468 e. The van der Waals surface area contributed by atoms with E-state index in [0.29, 0.717) is 4.75 Å². The van der Waals surface area contributed by atoms with Crippen molar-refractivity contribution >= 4 is 11.8 Å². The zero-order valence-corrected chi connectivity index (χ0v) is 13.9. The summed E-state index contributed by atoms with van der Waals surface area (Å²) in [6.45, 7) is 12.2. The Morgan fingerprint density at radius 3 is 3.05 bits per heavy atom. The predicted octanol–water partition coefficient (Wildman–Crippen LogP) is 3.50. The first-order chi connectivity index (χ1) is 9.59. The summed E-state index contributed by atoms with van der Waals surface area (Å²) in [4.78, 5) is 2.52. The third kappa shape index (κ3) is 5.15. The van der Waals surface area contributed by atoms with Crippen molar-refractivity contribution in [1.82, 2.24) is 10.2 Å². The normalized spacial score (nSPS) is 19.9. The zero-order chi connectivity index (χ0) is 14.4. The highest BCUT2D eigenvalue weighted by molar-refractivity contribution is 8.00. The van der Waals surface area contributed by atoms with Crippen molar-refractivity contribution in [3.05, 3.63) is 23.7 Å². The average molecular weight is 296 g/mol. The van der Waals surface area contributed by atoms with Gasteiger partial charge in [0.05, 0.1) is 12.8 Å². The summed E-state index contributed by atoms with van der Waals surface area (Å²) in [6, 6.07) is 2.20. The van der Waals surface area contributed by atoms with Crippen LogP contribution < -0.4 is 5.32 Å². The smallest absolute Gasteiger partial charge is 0.118 e. The van der Waals surface area contributed by atoms with Gasteiger partial charge in [0.25, 0.3) is 0 Å². The Morgan fingerprint density at radius 1 is 1.40 bits per heavy atom. The van der Waals surface area contributed by atoms with Crippen LogP contribution in [-0.2, 0) is 13.1 Å². The Bertz CT molecular complexity index is 403. The van der Waals surface area contributed by atoms with Gasteiger partial charge in [-0.25, -0.2) is 0 Å². The summed E-state index contributed by atoms with van der Waals surface area (Å²) in [7, 11) is 0. The fourth-order valence-corrected chi connectivity index (χ4v) is 3.59. The maximum atomic E-state index is 5.70. The van der Waals surface area contributed by atoms with E-state index < -0.39 is 0 Å². The summed E-state index contributed by atoms with van der Waals surface area (Å²) in [5.41, 5.74) is 1.26. The van der Waals surface area contributed by atoms with E-state index in [1.54, 1.807) is 0 Å². The number of thioether (sulfide) groups is 1. The summed E-state index contributed by atoms with van der Waals surface area (Å²) in [5, 5.41) is 3.41. The lowest BCUT2D eigenvalue weighted by Gasteiger charge is -2.21. The van der Waals surface area contributed by atoms with Crippen LogP contribution in [0.15, 0.2) is 16.7 Å². The molecule has 0 aromatic carbocycles. The number of furan rings is 1. The topological polar surface area (TPSA) is 28.4 Å². The first-order valence-corrected chi connectivity index (χ1v) is 8.71. The van der Waals surface area contributed by atoms with Crippen LogP contribution in [0.3, 0.4) is 0 Å². The fourth-order valence-electron chi connectivity index (χ4n) is 2.45. The molecule has 114 valence electrons. The minimum absolute atomic E-state index is 0.424. The monoisotopic (exact) mass is 296 g/mol. The van der Waals surface area contributed by atoms with Gasteiger partial charge in [0.1, 0.15) is 5.76 Å². The van der Waals surface area contributed by atoms with E-state index in [-0.39, 0.29) is 0 Å². The maximum absolute atomic E-state index is 5.70. The van der Waals surface area contributed by atoms with Gasteiger partial charge in [-0.3, -0.25) is 4.90 Å². The molecule has 0 amide bonds. The van der Waals surface area contributed by atoms with Gasteiger partial charge in [-0.15, -0.1) is 0 Å². The van der Waals surface area contributed by atoms with Crippen LogP contribution in [0, 0.1) is 0 Å². The molecule has 1 aromatic heterocycles. The van der Waals surface area contributed by atoms with Crippen LogP contribution in [0.4, 0.5) is 0 Å². The number of nitrogens with zero attached hydrogens (tertiary/aromatic N) is 1. The minimum Gasteiger partial charge on any atom is -0.468 e. The third-order valence-electron chi connectivity index (χ3n) is 3.77. The second-order valence-electron chi connectivity index (χ2n) is 6.23. The van der Waals surface area contributed by atoms with Gasteiger partial charge < -0.3 is 9.73 Å². The number of nitrogens with one attached hydrogen (secondary N) is 1. The van der Waals surface area contributed by atoms with Crippen LogP contribution in [0.5, 0.6) is 0 Å². The number of hydrogen-bond acceptors (Lipinski definition) is 4. The van der Waals surface area contributed by atoms with E-state index in [0.717, 1.165) is 31.9 Å². The Kier molecular flexibility index (Phi) is 6.00. The van der Waals surface area contributed by atoms with Crippen LogP contribution in [0.25, 0.3) is 0 Å². The van der Waals surface area contributed by atoms with Crippen molar-refractivity contribution in [3.63, 3.8) is 0 Å². The standard InChI is InChI=1S/C16H28N2OS/c1-4-6-17-11-14-10-15(19-13-14)12-18-7-5-16(2,3)20-9-8-18/h10,13,17H,4-9,11-12H2,1-3H3. The van der Waals surface area contributed by atoms with Gasteiger partial charge in [0.2, 0.25) is 0 Å². The summed E-state index contributed by atoms with van der Waals surface area (Å²) >= 11 is 2.09. The fraction of sp³-hybridized carbons (Fsp3) is 0.750. The molecule has 2 rings (SSSR count). The van der Waals surface area contributed by atoms with E-state index >= 15 is 0 Å². The lowest BCUT2D eigenvalue weighted by molar-refractivity contribution is 0.253. The second kappa shape index (κ2) is 7.53. The molecule has 1 aromatic rings. The quantitative estimate of drug-likeness (QED) is 0.813. The lowest BCUT2D eigenvalue weighted by atomic mass is 10.1. The van der Waals surface area contributed by atoms with Crippen molar-refractivity contribution < 1.29 is 4.42 Å². The van der Waals surface area contributed by atoms with Crippen molar-refractivity contribution in [1.29, 1.82) is 0 Å². The van der Waals surface area contributed by atoms with E-state index in [1.807, 2.05) is 6.26 Å². The molecule has 20 heavy (non-hydrogen) atoms. The molecule has 1 saturated heterocycles. The van der Waals surface area contributed by atoms with Crippen LogP contribution in [0.2, 0.25) is 0 Å².